The van der Waals surface area contributed by atoms with Crippen molar-refractivity contribution in [2.75, 3.05) is 0 Å². The molecule has 96 valence electrons. The summed E-state index contributed by atoms with van der Waals surface area (Å²) in [6.45, 7) is 6.44. The fraction of sp³-hybridized carbons (Fsp3) is 0.333. The van der Waals surface area contributed by atoms with Crippen molar-refractivity contribution in [3.05, 3.63) is 30.7 Å². The number of aromatic amines is 1. The number of hydrogen-bond donors (Lipinski definition) is 1. The number of thiophene rings is 1. The van der Waals surface area contributed by atoms with Crippen LogP contribution in [0.3, 0.4) is 0 Å². The lowest BCUT2D eigenvalue weighted by Gasteiger charge is -2.21. The zero-order chi connectivity index (χ0) is 13.5. The second-order valence-corrected chi connectivity index (χ2v) is 7.97. The minimum atomic E-state index is -0.0153. The van der Waals surface area contributed by atoms with Crippen molar-refractivity contribution in [2.45, 2.75) is 26.2 Å². The lowest BCUT2D eigenvalue weighted by molar-refractivity contribution is 0.563. The van der Waals surface area contributed by atoms with Crippen LogP contribution in [0, 0.1) is 4.64 Å². The molecule has 2 rings (SSSR count). The summed E-state index contributed by atoms with van der Waals surface area (Å²) < 4.78 is 2.53. The van der Waals surface area contributed by atoms with Crippen molar-refractivity contribution in [2.24, 2.45) is 0 Å². The molecule has 0 radical (unpaired) electrons. The first-order valence-corrected chi connectivity index (χ1v) is 8.21. The third-order valence-electron chi connectivity index (χ3n) is 2.41. The second kappa shape index (κ2) is 5.15. The van der Waals surface area contributed by atoms with Crippen LogP contribution in [0.5, 0.6) is 0 Å². The van der Waals surface area contributed by atoms with Crippen molar-refractivity contribution in [3.63, 3.8) is 0 Å². The number of nitrogens with zero attached hydrogens (tertiary/aromatic N) is 1. The van der Waals surface area contributed by atoms with Gasteiger partial charge in [-0.3, -0.25) is 0 Å². The number of hydrogen-bond acceptors (Lipinski definition) is 3. The van der Waals surface area contributed by atoms with Gasteiger partial charge in [0.1, 0.15) is 10.5 Å². The van der Waals surface area contributed by atoms with Crippen LogP contribution in [0.2, 0.25) is 0 Å². The predicted molar refractivity (Wildman–Crippen MR) is 86.8 cm³/mol. The SMILES string of the molecule is CC(C)(C)c1[nH]c(-c2cc(Br)cs2)nc(=S)c1Br. The van der Waals surface area contributed by atoms with Crippen LogP contribution < -0.4 is 0 Å². The van der Waals surface area contributed by atoms with Crippen LogP contribution in [0.1, 0.15) is 26.5 Å². The first-order valence-electron chi connectivity index (χ1n) is 5.34. The van der Waals surface area contributed by atoms with E-state index in [2.05, 4.69) is 62.6 Å². The average molecular weight is 408 g/mol. The Morgan fingerprint density at radius 1 is 1.33 bits per heavy atom. The molecule has 1 N–H and O–H groups in total. The van der Waals surface area contributed by atoms with Gasteiger partial charge in [0.25, 0.3) is 0 Å². The molecule has 0 fully saturated rings. The van der Waals surface area contributed by atoms with Crippen LogP contribution in [-0.2, 0) is 5.41 Å². The van der Waals surface area contributed by atoms with E-state index in [-0.39, 0.29) is 5.41 Å². The molecule has 0 aromatic carbocycles. The van der Waals surface area contributed by atoms with Gasteiger partial charge in [-0.1, -0.05) is 33.0 Å². The monoisotopic (exact) mass is 406 g/mol. The highest BCUT2D eigenvalue weighted by Gasteiger charge is 2.20. The first-order chi connectivity index (χ1) is 8.29. The summed E-state index contributed by atoms with van der Waals surface area (Å²) in [6.07, 6.45) is 0. The standard InChI is InChI=1S/C12H12Br2N2S2/c1-12(2,3)9-8(14)11(17)16-10(15-9)7-4-6(13)5-18-7/h4-5H,1-3H3,(H,15,16,17). The minimum Gasteiger partial charge on any atom is -0.341 e. The molecule has 0 saturated heterocycles. The second-order valence-electron chi connectivity index (χ2n) is 4.96. The van der Waals surface area contributed by atoms with E-state index in [4.69, 9.17) is 12.2 Å². The highest BCUT2D eigenvalue weighted by Crippen LogP contribution is 2.33. The van der Waals surface area contributed by atoms with Gasteiger partial charge >= 0.3 is 0 Å². The fourth-order valence-electron chi connectivity index (χ4n) is 1.53. The number of H-pyrrole nitrogens is 1. The van der Waals surface area contributed by atoms with E-state index in [1.54, 1.807) is 11.3 Å². The molecule has 0 saturated carbocycles. The number of rotatable bonds is 1. The average Bonchev–Trinajstić information content (AvgIpc) is 2.67. The van der Waals surface area contributed by atoms with E-state index in [1.165, 1.54) is 0 Å². The van der Waals surface area contributed by atoms with E-state index < -0.39 is 0 Å². The zero-order valence-corrected chi connectivity index (χ0v) is 15.0. The molecule has 0 atom stereocenters. The molecule has 0 bridgehead atoms. The van der Waals surface area contributed by atoms with Gasteiger partial charge in [-0.15, -0.1) is 11.3 Å². The van der Waals surface area contributed by atoms with Crippen molar-refractivity contribution in [1.82, 2.24) is 9.97 Å². The molecule has 6 heteroatoms. The van der Waals surface area contributed by atoms with Gasteiger partial charge in [0.15, 0.2) is 0 Å². The molecule has 0 unspecified atom stereocenters. The van der Waals surface area contributed by atoms with Crippen molar-refractivity contribution < 1.29 is 0 Å². The van der Waals surface area contributed by atoms with Gasteiger partial charge in [-0.25, -0.2) is 4.98 Å². The maximum absolute atomic E-state index is 5.32. The highest BCUT2D eigenvalue weighted by atomic mass is 79.9. The van der Waals surface area contributed by atoms with Crippen molar-refractivity contribution in [3.8, 4) is 10.7 Å². The Morgan fingerprint density at radius 3 is 2.50 bits per heavy atom. The molecule has 0 aliphatic carbocycles. The largest absolute Gasteiger partial charge is 0.341 e. The molecule has 0 amide bonds. The smallest absolute Gasteiger partial charge is 0.149 e. The summed E-state index contributed by atoms with van der Waals surface area (Å²) >= 11 is 13.9. The summed E-state index contributed by atoms with van der Waals surface area (Å²) in [5.74, 6) is 0.823. The van der Waals surface area contributed by atoms with Crippen LogP contribution in [0.25, 0.3) is 10.7 Å². The third kappa shape index (κ3) is 2.92. The molecule has 2 aromatic heterocycles. The summed E-state index contributed by atoms with van der Waals surface area (Å²) in [7, 11) is 0. The maximum atomic E-state index is 5.32. The lowest BCUT2D eigenvalue weighted by Crippen LogP contribution is -2.15. The Kier molecular flexibility index (Phi) is 4.11. The Labute approximate surface area is 132 Å². The van der Waals surface area contributed by atoms with Crippen LogP contribution >= 0.6 is 55.4 Å². The number of halogens is 2. The van der Waals surface area contributed by atoms with Crippen LogP contribution in [0.4, 0.5) is 0 Å². The Balaban J connectivity index is 2.65. The molecular formula is C12H12Br2N2S2. The van der Waals surface area contributed by atoms with Crippen molar-refractivity contribution in [1.29, 1.82) is 0 Å². The molecule has 2 aromatic rings. The fourth-order valence-corrected chi connectivity index (χ4v) is 3.88. The van der Waals surface area contributed by atoms with Gasteiger partial charge in [0.2, 0.25) is 0 Å². The predicted octanol–water partition coefficient (Wildman–Crippen LogP) is 5.69. The van der Waals surface area contributed by atoms with Gasteiger partial charge in [0, 0.05) is 21.0 Å². The van der Waals surface area contributed by atoms with Crippen LogP contribution in [-0.4, -0.2) is 9.97 Å². The summed E-state index contributed by atoms with van der Waals surface area (Å²) in [5, 5.41) is 2.03. The normalized spacial score (nSPS) is 11.8. The van der Waals surface area contributed by atoms with Gasteiger partial charge in [-0.2, -0.15) is 0 Å². The van der Waals surface area contributed by atoms with E-state index in [1.807, 2.05) is 11.4 Å². The van der Waals surface area contributed by atoms with Gasteiger partial charge in [-0.05, 0) is 37.9 Å². The van der Waals surface area contributed by atoms with E-state index in [0.29, 0.717) is 4.64 Å². The molecular weight excluding hydrogens is 396 g/mol. The van der Waals surface area contributed by atoms with Crippen molar-refractivity contribution >= 4 is 55.4 Å². The Morgan fingerprint density at radius 2 is 2.00 bits per heavy atom. The summed E-state index contributed by atoms with van der Waals surface area (Å²) in [4.78, 5) is 8.90. The number of aromatic nitrogens is 2. The summed E-state index contributed by atoms with van der Waals surface area (Å²) in [6, 6.07) is 2.04. The summed E-state index contributed by atoms with van der Waals surface area (Å²) in [5.41, 5.74) is 1.06. The van der Waals surface area contributed by atoms with Gasteiger partial charge < -0.3 is 4.98 Å². The first kappa shape index (κ1) is 14.4. The molecule has 18 heavy (non-hydrogen) atoms. The Bertz CT molecular complexity index is 638. The van der Waals surface area contributed by atoms with E-state index in [9.17, 15) is 0 Å². The number of nitrogens with one attached hydrogen (secondary N) is 1. The molecule has 2 nitrogen and oxygen atoms in total. The quantitative estimate of drug-likeness (QED) is 0.615. The van der Waals surface area contributed by atoms with Crippen LogP contribution in [0.15, 0.2) is 20.4 Å². The lowest BCUT2D eigenvalue weighted by atomic mass is 9.92. The molecule has 2 heterocycles. The maximum Gasteiger partial charge on any atom is 0.149 e. The minimum absolute atomic E-state index is 0.0153. The van der Waals surface area contributed by atoms with E-state index in [0.717, 1.165) is 25.3 Å². The van der Waals surface area contributed by atoms with Gasteiger partial charge in [0.05, 0.1) is 9.35 Å². The zero-order valence-electron chi connectivity index (χ0n) is 10.2. The van der Waals surface area contributed by atoms with E-state index >= 15 is 0 Å². The molecule has 0 aliphatic rings. The molecule has 0 aliphatic heterocycles. The molecule has 0 spiro atoms. The highest BCUT2D eigenvalue weighted by molar-refractivity contribution is 9.10. The topological polar surface area (TPSA) is 28.7 Å². The third-order valence-corrected chi connectivity index (χ3v) is 5.44. The Hall–Kier alpha value is -0.0400.